The highest BCUT2D eigenvalue weighted by atomic mass is 32.2. The van der Waals surface area contributed by atoms with Crippen molar-refractivity contribution in [1.82, 2.24) is 92.3 Å². The lowest BCUT2D eigenvalue weighted by molar-refractivity contribution is -0.146. The number of imidazole rings is 1. The van der Waals surface area contributed by atoms with Crippen LogP contribution in [0.3, 0.4) is 0 Å². The van der Waals surface area contributed by atoms with E-state index in [0.29, 0.717) is 51.7 Å². The number of carboxylic acid groups (broad SMARTS) is 4. The highest BCUT2D eigenvalue weighted by Gasteiger charge is 2.44. The molecular weight excluding hydrogens is 1660 g/mol. The van der Waals surface area contributed by atoms with E-state index in [1.54, 1.807) is 85.2 Å². The summed E-state index contributed by atoms with van der Waals surface area (Å²) >= 11 is 0.998. The number of likely N-dealkylation sites (N-methyl/N-ethyl adjacent to an activating group) is 3. The van der Waals surface area contributed by atoms with Gasteiger partial charge in [0.2, 0.25) is 82.7 Å². The summed E-state index contributed by atoms with van der Waals surface area (Å²) in [6.07, 6.45) is 1.29. The number of unbranched alkanes of at least 4 members (excludes halogenated alkanes) is 1. The number of hydrogen-bond acceptors (Lipinski definition) is 21. The van der Waals surface area contributed by atoms with Crippen LogP contribution >= 0.6 is 11.8 Å². The lowest BCUT2D eigenvalue weighted by Crippen LogP contribution is -2.60. The van der Waals surface area contributed by atoms with Gasteiger partial charge in [0.15, 0.2) is 0 Å². The first kappa shape index (κ1) is 96.4. The fourth-order valence-electron chi connectivity index (χ4n) is 15.4. The minimum absolute atomic E-state index is 0.000653. The number of methoxy groups -OCH3 is 1. The molecule has 3 aromatic carbocycles. The summed E-state index contributed by atoms with van der Waals surface area (Å²) in [5.74, 6) is -19.1. The first-order chi connectivity index (χ1) is 60.2. The van der Waals surface area contributed by atoms with Gasteiger partial charge >= 0.3 is 23.9 Å². The van der Waals surface area contributed by atoms with Crippen molar-refractivity contribution in [2.45, 2.75) is 189 Å². The summed E-state index contributed by atoms with van der Waals surface area (Å²) in [7, 11) is 5.17. The zero-order valence-corrected chi connectivity index (χ0v) is 71.2. The van der Waals surface area contributed by atoms with Crippen molar-refractivity contribution >= 4 is 140 Å². The van der Waals surface area contributed by atoms with Gasteiger partial charge in [-0.1, -0.05) is 68.3 Å². The molecule has 0 aliphatic carbocycles. The van der Waals surface area contributed by atoms with E-state index in [-0.39, 0.29) is 101 Å². The van der Waals surface area contributed by atoms with Crippen LogP contribution in [0.5, 0.6) is 5.75 Å². The van der Waals surface area contributed by atoms with Crippen LogP contribution in [0, 0.1) is 0 Å². The van der Waals surface area contributed by atoms with Crippen LogP contribution in [0.4, 0.5) is 0 Å². The summed E-state index contributed by atoms with van der Waals surface area (Å²) in [6.45, 7) is -0.257. The molecule has 41 nitrogen and oxygen atoms in total. The van der Waals surface area contributed by atoms with Gasteiger partial charge in [-0.25, -0.2) is 4.98 Å². The Morgan fingerprint density at radius 1 is 0.492 bits per heavy atom. The number of H-pyrrole nitrogens is 3. The zero-order chi connectivity index (χ0) is 91.4. The van der Waals surface area contributed by atoms with E-state index >= 15 is 19.2 Å². The molecule has 3 aliphatic rings. The highest BCUT2D eigenvalue weighted by molar-refractivity contribution is 7.99. The second kappa shape index (κ2) is 46.3. The number of aliphatic carboxylic acids is 4. The number of nitrogens with zero attached hydrogens (tertiary/aromatic N) is 6. The van der Waals surface area contributed by atoms with E-state index in [2.05, 4.69) is 67.8 Å². The van der Waals surface area contributed by atoms with Crippen molar-refractivity contribution in [3.05, 3.63) is 120 Å². The van der Waals surface area contributed by atoms with Gasteiger partial charge in [-0.3, -0.25) is 86.3 Å². The predicted molar refractivity (Wildman–Crippen MR) is 452 cm³/mol. The Morgan fingerprint density at radius 2 is 1.00 bits per heavy atom. The first-order valence-electron chi connectivity index (χ1n) is 41.4. The number of carbonyl (C=O) groups excluding carboxylic acids is 14. The highest BCUT2D eigenvalue weighted by Crippen LogP contribution is 2.27. The topological polar surface area (TPSA) is 582 Å². The number of carbonyl (C=O) groups is 18. The zero-order valence-electron chi connectivity index (χ0n) is 70.4. The molecule has 9 rings (SSSR count). The average Bonchev–Trinajstić information content (AvgIpc) is 1.70. The van der Waals surface area contributed by atoms with E-state index in [0.717, 1.165) is 41.6 Å². The summed E-state index contributed by atoms with van der Waals surface area (Å²) in [5.41, 5.74) is 3.22. The smallest absolute Gasteiger partial charge is 0.305 e. The summed E-state index contributed by atoms with van der Waals surface area (Å²) in [4.78, 5) is 273. The van der Waals surface area contributed by atoms with Crippen molar-refractivity contribution < 1.29 is 111 Å². The summed E-state index contributed by atoms with van der Waals surface area (Å²) in [5, 5.41) is 65.0. The van der Waals surface area contributed by atoms with E-state index in [1.165, 1.54) is 40.8 Å². The number of benzene rings is 3. The van der Waals surface area contributed by atoms with Crippen LogP contribution in [0.2, 0.25) is 0 Å². The van der Waals surface area contributed by atoms with Gasteiger partial charge in [0.05, 0.1) is 45.1 Å². The quantitative estimate of drug-likeness (QED) is 0.0380. The van der Waals surface area contributed by atoms with Crippen molar-refractivity contribution in [2.24, 2.45) is 0 Å². The molecule has 6 heterocycles. The molecule has 3 saturated heterocycles. The van der Waals surface area contributed by atoms with Gasteiger partial charge in [-0.05, 0) is 98.7 Å². The molecule has 0 bridgehead atoms. The second-order valence-electron chi connectivity index (χ2n) is 31.2. The van der Waals surface area contributed by atoms with Crippen LogP contribution in [0.1, 0.15) is 119 Å². The molecule has 14 amide bonds. The number of para-hydroxylation sites is 2. The maximum atomic E-state index is 15.1. The van der Waals surface area contributed by atoms with E-state index < -0.39 is 225 Å². The van der Waals surface area contributed by atoms with Gasteiger partial charge in [0.25, 0.3) is 0 Å². The lowest BCUT2D eigenvalue weighted by atomic mass is 10.0. The summed E-state index contributed by atoms with van der Waals surface area (Å²) < 4.78 is 5.29. The van der Waals surface area contributed by atoms with Crippen molar-refractivity contribution in [3.63, 3.8) is 0 Å². The number of hydrogen-bond donors (Lipinski definition) is 16. The second-order valence-corrected chi connectivity index (χ2v) is 32.3. The Labute approximate surface area is 727 Å². The van der Waals surface area contributed by atoms with Gasteiger partial charge in [-0.2, -0.15) is 11.8 Å². The van der Waals surface area contributed by atoms with Gasteiger partial charge in [0, 0.05) is 125 Å². The van der Waals surface area contributed by atoms with Gasteiger partial charge in [-0.15, -0.1) is 0 Å². The SMILES string of the molecule is CCCC[C@H]1C(=O)N[C@@H](CCC(=O)O)C(=O)NCCSCC(=O)N[C@@H](Cc2ccc(OC)cc2)C(=O)N(C)CC(=O)N[C@@H](CC(=O)O)C(=O)N2CCCC2C(=O)N[C@@H](Cc2cnc[nH]2)C(=O)N[C@@H](CCC(=O)O)C(=O)N2CCCC2C(=O)NC(CCc2c[nH]c3ccccc23)C(=O)N[C@@H](CC(=O)O)C(=O)N[C@@H](Cc2c[nH]c3ccccc23)C(=O)N(C)CC(=O)N1C. The molecule has 3 unspecified atom stereocenters. The molecular formula is C84H108N18O23S. The molecule has 3 aromatic heterocycles. The Bertz CT molecular complexity index is 4940. The minimum atomic E-state index is -2.01. The molecule has 126 heavy (non-hydrogen) atoms. The lowest BCUT2D eigenvalue weighted by Gasteiger charge is -2.32. The van der Waals surface area contributed by atoms with Crippen molar-refractivity contribution in [1.29, 1.82) is 0 Å². The molecule has 3 aliphatic heterocycles. The number of aromatic amines is 3. The number of carboxylic acids is 4. The Balaban J connectivity index is 1.04. The molecule has 42 heteroatoms. The van der Waals surface area contributed by atoms with E-state index in [4.69, 9.17) is 4.74 Å². The van der Waals surface area contributed by atoms with Crippen LogP contribution in [0.25, 0.3) is 21.8 Å². The average molecular weight is 1770 g/mol. The number of ether oxygens (including phenoxy) is 1. The minimum Gasteiger partial charge on any atom is -0.497 e. The number of nitrogens with one attached hydrogen (secondary N) is 12. The molecule has 16 N–H and O–H groups in total. The number of rotatable bonds is 23. The molecule has 11 atom stereocenters. The van der Waals surface area contributed by atoms with Crippen LogP contribution in [0.15, 0.2) is 97.7 Å². The fourth-order valence-corrected chi connectivity index (χ4v) is 16.1. The van der Waals surface area contributed by atoms with Crippen LogP contribution in [-0.4, -0.2) is 310 Å². The third kappa shape index (κ3) is 27.3. The third-order valence-corrected chi connectivity index (χ3v) is 23.0. The van der Waals surface area contributed by atoms with E-state index in [1.807, 2.05) is 6.92 Å². The third-order valence-electron chi connectivity index (χ3n) is 22.1. The fraction of sp³-hybridized carbons (Fsp3) is 0.488. The Morgan fingerprint density at radius 3 is 1.60 bits per heavy atom. The van der Waals surface area contributed by atoms with E-state index in [9.17, 15) is 87.5 Å². The van der Waals surface area contributed by atoms with Gasteiger partial charge in [0.1, 0.15) is 72.2 Å². The number of aromatic nitrogens is 4. The molecule has 6 aromatic rings. The Kier molecular flexibility index (Phi) is 35.4. The number of thioether (sulfide) groups is 1. The first-order valence-corrected chi connectivity index (χ1v) is 42.6. The number of fused-ring (bicyclic) bond motifs is 4. The number of amides is 14. The largest absolute Gasteiger partial charge is 0.497 e. The molecule has 0 radical (unpaired) electrons. The van der Waals surface area contributed by atoms with Crippen molar-refractivity contribution in [3.8, 4) is 5.75 Å². The molecule has 3 fully saturated rings. The van der Waals surface area contributed by atoms with Gasteiger partial charge < -0.3 is 112 Å². The monoisotopic (exact) mass is 1770 g/mol. The molecule has 678 valence electrons. The van der Waals surface area contributed by atoms with Crippen molar-refractivity contribution in [2.75, 3.05) is 72.5 Å². The summed E-state index contributed by atoms with van der Waals surface area (Å²) in [6, 6.07) is 2.86. The molecule has 0 spiro atoms. The molecule has 0 saturated carbocycles. The Hall–Kier alpha value is -13.4. The standard InChI is InChI=1S/C84H108N18O23S/c1-6-7-18-64-78(118)92-56(27-29-70(106)107)74(114)86-31-34-126-45-68(104)91-61(35-47-21-24-51(125-5)25-22-47)81(121)98(2)43-67(103)90-63(39-73(112)113)84(124)102-33-13-20-66(102)80(120)96-59(37-50-42-85-46-89-50)76(116)94-58(28-30-71(108)109)83(123)101-32-12-19-65(101)79(119)93-57(26-23-48-40-87-54-16-10-8-14-52(48)54)75(115)95-60(38-72(110)111)77(117)97-62(82(122)99(3)44-69(105)100(64)4)36-49-41-88-55-17-11-9-15-53(49)55/h8-11,14-17,21-22,24-25,40-42,46,56-66,87-88H,6-7,12-13,18-20,23,26-39,43-45H2,1-5H3,(H,85,89)(H,86,114)(H,90,103)(H,91,104)(H,92,118)(H,93,119)(H,94,116)(H,95,115)(H,96,120)(H,97,117)(H,106,107)(H,108,109)(H,110,111)(H,112,113)/t56-,57?,58-,59-,60-,61-,62-,63-,64-,65?,66?/m0/s1. The van der Waals surface area contributed by atoms with Crippen LogP contribution in [-0.2, 0) is 112 Å². The normalized spacial score (nSPS) is 23.3. The van der Waals surface area contributed by atoms with Crippen LogP contribution < -0.4 is 52.6 Å². The maximum absolute atomic E-state index is 15.1. The maximum Gasteiger partial charge on any atom is 0.305 e. The number of aryl methyl sites for hydroxylation is 1. The predicted octanol–water partition coefficient (Wildman–Crippen LogP) is -0.622.